The van der Waals surface area contributed by atoms with Crippen LogP contribution >= 0.6 is 24.0 Å². The van der Waals surface area contributed by atoms with Gasteiger partial charge in [0.2, 0.25) is 0 Å². The maximum atomic E-state index is 10.7. The number of nitrogens with zero attached hydrogens (tertiary/aromatic N) is 2. The molecule has 1 aliphatic heterocycles. The summed E-state index contributed by atoms with van der Waals surface area (Å²) in [7, 11) is 0. The second-order valence-electron chi connectivity index (χ2n) is 6.74. The third kappa shape index (κ3) is 6.22. The SMILES string of the molecule is Cl.O=C(O)CCCN1CCN([C@@H](c2ccccc2)c2ccc(Cl)cc2)CC1. The van der Waals surface area contributed by atoms with Crippen LogP contribution in [0.5, 0.6) is 0 Å². The van der Waals surface area contributed by atoms with Crippen molar-refractivity contribution in [1.29, 1.82) is 0 Å². The molecule has 0 aromatic heterocycles. The number of hydrogen-bond donors (Lipinski definition) is 1. The first-order valence-electron chi connectivity index (χ1n) is 9.12. The van der Waals surface area contributed by atoms with Gasteiger partial charge < -0.3 is 10.0 Å². The molecule has 1 heterocycles. The van der Waals surface area contributed by atoms with Gasteiger partial charge in [-0.2, -0.15) is 0 Å². The zero-order valence-corrected chi connectivity index (χ0v) is 16.8. The van der Waals surface area contributed by atoms with Gasteiger partial charge in [-0.3, -0.25) is 9.69 Å². The van der Waals surface area contributed by atoms with Crippen LogP contribution in [0.4, 0.5) is 0 Å². The van der Waals surface area contributed by atoms with E-state index in [9.17, 15) is 4.79 Å². The largest absolute Gasteiger partial charge is 0.481 e. The second kappa shape index (κ2) is 10.7. The normalized spacial score (nSPS) is 16.5. The van der Waals surface area contributed by atoms with Crippen molar-refractivity contribution in [3.05, 3.63) is 70.7 Å². The minimum absolute atomic E-state index is 0. The van der Waals surface area contributed by atoms with Crippen LogP contribution in [0.3, 0.4) is 0 Å². The molecule has 1 atom stereocenters. The van der Waals surface area contributed by atoms with E-state index in [1.54, 1.807) is 0 Å². The molecule has 1 fully saturated rings. The molecule has 4 nitrogen and oxygen atoms in total. The molecule has 1 saturated heterocycles. The Bertz CT molecular complexity index is 702. The second-order valence-corrected chi connectivity index (χ2v) is 7.18. The van der Waals surface area contributed by atoms with E-state index in [0.717, 1.165) is 37.7 Å². The van der Waals surface area contributed by atoms with Crippen molar-refractivity contribution in [2.45, 2.75) is 18.9 Å². The van der Waals surface area contributed by atoms with E-state index in [1.165, 1.54) is 11.1 Å². The molecular weight excluding hydrogens is 383 g/mol. The average Bonchev–Trinajstić information content (AvgIpc) is 2.65. The van der Waals surface area contributed by atoms with Crippen LogP contribution in [0.25, 0.3) is 0 Å². The Morgan fingerprint density at radius 3 is 2.15 bits per heavy atom. The van der Waals surface area contributed by atoms with Crippen LogP contribution in [-0.2, 0) is 4.79 Å². The van der Waals surface area contributed by atoms with Crippen LogP contribution in [-0.4, -0.2) is 53.6 Å². The first-order chi connectivity index (χ1) is 12.6. The van der Waals surface area contributed by atoms with Gasteiger partial charge in [-0.05, 0) is 36.2 Å². The minimum atomic E-state index is -0.712. The van der Waals surface area contributed by atoms with Gasteiger partial charge in [0.05, 0.1) is 6.04 Å². The Kier molecular flexibility index (Phi) is 8.58. The summed E-state index contributed by atoms with van der Waals surface area (Å²) in [4.78, 5) is 15.6. The van der Waals surface area contributed by atoms with E-state index in [-0.39, 0.29) is 24.9 Å². The Morgan fingerprint density at radius 2 is 1.56 bits per heavy atom. The molecule has 1 N–H and O–H groups in total. The Hall–Kier alpha value is -1.59. The molecule has 3 rings (SSSR count). The minimum Gasteiger partial charge on any atom is -0.481 e. The lowest BCUT2D eigenvalue weighted by Crippen LogP contribution is -2.48. The smallest absolute Gasteiger partial charge is 0.303 e. The number of piperazine rings is 1. The van der Waals surface area contributed by atoms with Crippen molar-refractivity contribution >= 4 is 30.0 Å². The Morgan fingerprint density at radius 1 is 0.963 bits per heavy atom. The number of carbonyl (C=O) groups is 1. The average molecular weight is 409 g/mol. The lowest BCUT2D eigenvalue weighted by Gasteiger charge is -2.39. The number of rotatable bonds is 7. The fourth-order valence-electron chi connectivity index (χ4n) is 3.59. The van der Waals surface area contributed by atoms with Gasteiger partial charge in [0.25, 0.3) is 0 Å². The summed E-state index contributed by atoms with van der Waals surface area (Å²) in [6.45, 7) is 4.73. The summed E-state index contributed by atoms with van der Waals surface area (Å²) in [6.07, 6.45) is 0.965. The fourth-order valence-corrected chi connectivity index (χ4v) is 3.72. The predicted octanol–water partition coefficient (Wildman–Crippen LogP) is 4.33. The lowest BCUT2D eigenvalue weighted by atomic mass is 9.96. The van der Waals surface area contributed by atoms with Crippen LogP contribution in [0.1, 0.15) is 30.0 Å². The maximum Gasteiger partial charge on any atom is 0.303 e. The zero-order chi connectivity index (χ0) is 18.4. The van der Waals surface area contributed by atoms with Gasteiger partial charge in [-0.25, -0.2) is 0 Å². The Balaban J connectivity index is 0.00000261. The van der Waals surface area contributed by atoms with Gasteiger partial charge in [0, 0.05) is 37.6 Å². The molecule has 0 unspecified atom stereocenters. The van der Waals surface area contributed by atoms with Crippen molar-refractivity contribution in [3.8, 4) is 0 Å². The number of halogens is 2. The van der Waals surface area contributed by atoms with Gasteiger partial charge in [-0.1, -0.05) is 54.1 Å². The molecule has 146 valence electrons. The number of hydrogen-bond acceptors (Lipinski definition) is 3. The fraction of sp³-hybridized carbons (Fsp3) is 0.381. The van der Waals surface area contributed by atoms with Gasteiger partial charge in [0.1, 0.15) is 0 Å². The molecule has 0 saturated carbocycles. The van der Waals surface area contributed by atoms with Crippen molar-refractivity contribution in [2.24, 2.45) is 0 Å². The predicted molar refractivity (Wildman–Crippen MR) is 112 cm³/mol. The monoisotopic (exact) mass is 408 g/mol. The summed E-state index contributed by atoms with van der Waals surface area (Å²) in [5.74, 6) is -0.712. The highest BCUT2D eigenvalue weighted by molar-refractivity contribution is 6.30. The highest BCUT2D eigenvalue weighted by Gasteiger charge is 2.26. The first kappa shape index (κ1) is 21.7. The molecule has 1 aliphatic rings. The molecule has 2 aromatic carbocycles. The molecule has 0 bridgehead atoms. The van der Waals surface area contributed by atoms with Crippen LogP contribution in [0.15, 0.2) is 54.6 Å². The molecule has 27 heavy (non-hydrogen) atoms. The summed E-state index contributed by atoms with van der Waals surface area (Å²) in [5, 5.41) is 9.55. The standard InChI is InChI=1S/C21H25ClN2O2.ClH/c22-19-10-8-18(9-11-19)21(17-5-2-1-3-6-17)24-15-13-23(14-16-24)12-4-7-20(25)26;/h1-3,5-6,8-11,21H,4,7,12-16H2,(H,25,26);1H/t21-;/m0./s1. The van der Waals surface area contributed by atoms with E-state index >= 15 is 0 Å². The van der Waals surface area contributed by atoms with Crippen LogP contribution in [0, 0.1) is 0 Å². The molecule has 0 spiro atoms. The third-order valence-electron chi connectivity index (χ3n) is 4.94. The summed E-state index contributed by atoms with van der Waals surface area (Å²) in [6, 6.07) is 18.9. The molecule has 0 aliphatic carbocycles. The topological polar surface area (TPSA) is 43.8 Å². The quantitative estimate of drug-likeness (QED) is 0.739. The molecule has 0 radical (unpaired) electrons. The van der Waals surface area contributed by atoms with Crippen LogP contribution in [0.2, 0.25) is 5.02 Å². The molecule has 0 amide bonds. The van der Waals surface area contributed by atoms with Crippen molar-refractivity contribution in [2.75, 3.05) is 32.7 Å². The number of carboxylic acids is 1. The highest BCUT2D eigenvalue weighted by Crippen LogP contribution is 2.30. The molecule has 2 aromatic rings. The molecule has 6 heteroatoms. The van der Waals surface area contributed by atoms with Crippen molar-refractivity contribution < 1.29 is 9.90 Å². The zero-order valence-electron chi connectivity index (χ0n) is 15.3. The van der Waals surface area contributed by atoms with E-state index in [2.05, 4.69) is 46.2 Å². The molecular formula is C21H26Cl2N2O2. The summed E-state index contributed by atoms with van der Waals surface area (Å²) < 4.78 is 0. The van der Waals surface area contributed by atoms with E-state index in [4.69, 9.17) is 16.7 Å². The third-order valence-corrected chi connectivity index (χ3v) is 5.19. The van der Waals surface area contributed by atoms with Crippen molar-refractivity contribution in [3.63, 3.8) is 0 Å². The van der Waals surface area contributed by atoms with Gasteiger partial charge in [-0.15, -0.1) is 12.4 Å². The van der Waals surface area contributed by atoms with E-state index in [0.29, 0.717) is 6.42 Å². The highest BCUT2D eigenvalue weighted by atomic mass is 35.5. The number of carboxylic acid groups (broad SMARTS) is 1. The van der Waals surface area contributed by atoms with Crippen LogP contribution < -0.4 is 0 Å². The van der Waals surface area contributed by atoms with E-state index < -0.39 is 5.97 Å². The maximum absolute atomic E-state index is 10.7. The van der Waals surface area contributed by atoms with Gasteiger partial charge in [0.15, 0.2) is 0 Å². The Labute approximate surface area is 172 Å². The first-order valence-corrected chi connectivity index (χ1v) is 9.50. The summed E-state index contributed by atoms with van der Waals surface area (Å²) in [5.41, 5.74) is 2.54. The van der Waals surface area contributed by atoms with E-state index in [1.807, 2.05) is 18.2 Å². The van der Waals surface area contributed by atoms with Gasteiger partial charge >= 0.3 is 5.97 Å². The number of aliphatic carboxylic acids is 1. The number of benzene rings is 2. The summed E-state index contributed by atoms with van der Waals surface area (Å²) >= 11 is 6.08. The van der Waals surface area contributed by atoms with Crippen molar-refractivity contribution in [1.82, 2.24) is 9.80 Å². The lowest BCUT2D eigenvalue weighted by molar-refractivity contribution is -0.137.